The van der Waals surface area contributed by atoms with E-state index in [0.29, 0.717) is 29.3 Å². The van der Waals surface area contributed by atoms with Gasteiger partial charge >= 0.3 is 0 Å². The van der Waals surface area contributed by atoms with Crippen molar-refractivity contribution >= 4 is 5.82 Å². The zero-order valence-electron chi connectivity index (χ0n) is 8.81. The molecule has 0 aliphatic heterocycles. The number of rotatable bonds is 2. The van der Waals surface area contributed by atoms with Crippen molar-refractivity contribution < 1.29 is 4.39 Å². The number of aromatic nitrogens is 3. The van der Waals surface area contributed by atoms with Crippen LogP contribution < -0.4 is 5.73 Å². The molecule has 82 valence electrons. The molecule has 0 saturated heterocycles. The fraction of sp³-hybridized carbons (Fsp3) is 0.182. The Labute approximate surface area is 92.4 Å². The second-order valence-corrected chi connectivity index (χ2v) is 3.34. The van der Waals surface area contributed by atoms with E-state index in [4.69, 9.17) is 5.73 Å². The standard InChI is InChI=1S/C11H11FN4/c1-2-11-15-9(4-10(13)16-11)7-3-8(12)6-14-5-7/h3-6H,2H2,1H3,(H2,13,15,16). The van der Waals surface area contributed by atoms with Crippen LogP contribution in [-0.2, 0) is 6.42 Å². The maximum Gasteiger partial charge on any atom is 0.142 e. The van der Waals surface area contributed by atoms with Crippen molar-refractivity contribution in [3.8, 4) is 11.3 Å². The molecule has 0 aliphatic rings. The Morgan fingerprint density at radius 1 is 1.25 bits per heavy atom. The molecule has 16 heavy (non-hydrogen) atoms. The molecule has 0 aromatic carbocycles. The number of hydrogen-bond acceptors (Lipinski definition) is 4. The molecule has 2 aromatic rings. The Hall–Kier alpha value is -2.04. The van der Waals surface area contributed by atoms with Gasteiger partial charge in [-0.05, 0) is 6.07 Å². The first-order valence-corrected chi connectivity index (χ1v) is 4.93. The average Bonchev–Trinajstić information content (AvgIpc) is 2.28. The lowest BCUT2D eigenvalue weighted by Gasteiger charge is -2.04. The highest BCUT2D eigenvalue weighted by atomic mass is 19.1. The molecule has 0 aliphatic carbocycles. The minimum Gasteiger partial charge on any atom is -0.384 e. The van der Waals surface area contributed by atoms with E-state index in [9.17, 15) is 4.39 Å². The molecule has 4 nitrogen and oxygen atoms in total. The number of hydrogen-bond donors (Lipinski definition) is 1. The molecule has 0 saturated carbocycles. The summed E-state index contributed by atoms with van der Waals surface area (Å²) in [4.78, 5) is 12.1. The average molecular weight is 218 g/mol. The predicted molar refractivity (Wildman–Crippen MR) is 59.0 cm³/mol. The highest BCUT2D eigenvalue weighted by Crippen LogP contribution is 2.18. The van der Waals surface area contributed by atoms with E-state index < -0.39 is 5.82 Å². The Morgan fingerprint density at radius 3 is 2.75 bits per heavy atom. The molecule has 0 unspecified atom stereocenters. The van der Waals surface area contributed by atoms with Crippen LogP contribution in [0.2, 0.25) is 0 Å². The smallest absolute Gasteiger partial charge is 0.142 e. The number of nitrogens with zero attached hydrogens (tertiary/aromatic N) is 3. The van der Waals surface area contributed by atoms with E-state index in [0.717, 1.165) is 6.20 Å². The van der Waals surface area contributed by atoms with E-state index in [2.05, 4.69) is 15.0 Å². The highest BCUT2D eigenvalue weighted by molar-refractivity contribution is 5.60. The first-order chi connectivity index (χ1) is 7.69. The molecular formula is C11H11FN4. The van der Waals surface area contributed by atoms with Gasteiger partial charge in [0.15, 0.2) is 0 Å². The summed E-state index contributed by atoms with van der Waals surface area (Å²) in [5.41, 5.74) is 6.84. The third-order valence-electron chi connectivity index (χ3n) is 2.11. The van der Waals surface area contributed by atoms with Crippen molar-refractivity contribution in [1.82, 2.24) is 15.0 Å². The quantitative estimate of drug-likeness (QED) is 0.835. The molecule has 2 N–H and O–H groups in total. The zero-order valence-corrected chi connectivity index (χ0v) is 8.81. The van der Waals surface area contributed by atoms with Crippen LogP contribution in [0.1, 0.15) is 12.7 Å². The number of halogens is 1. The van der Waals surface area contributed by atoms with E-state index in [1.807, 2.05) is 6.92 Å². The Bertz CT molecular complexity index is 513. The summed E-state index contributed by atoms with van der Waals surface area (Å²) in [5.74, 6) is 0.623. The molecule has 2 rings (SSSR count). The molecule has 0 atom stereocenters. The van der Waals surface area contributed by atoms with Crippen LogP contribution in [0.5, 0.6) is 0 Å². The van der Waals surface area contributed by atoms with Crippen LogP contribution >= 0.6 is 0 Å². The van der Waals surface area contributed by atoms with E-state index in [-0.39, 0.29) is 0 Å². The van der Waals surface area contributed by atoms with Gasteiger partial charge in [0.2, 0.25) is 0 Å². The second-order valence-electron chi connectivity index (χ2n) is 3.34. The predicted octanol–water partition coefficient (Wildman–Crippen LogP) is 1.82. The van der Waals surface area contributed by atoms with Gasteiger partial charge in [0.05, 0.1) is 11.9 Å². The summed E-state index contributed by atoms with van der Waals surface area (Å²) in [5, 5.41) is 0. The molecule has 2 aromatic heterocycles. The second kappa shape index (κ2) is 4.22. The Morgan fingerprint density at radius 2 is 2.06 bits per heavy atom. The van der Waals surface area contributed by atoms with E-state index >= 15 is 0 Å². The van der Waals surface area contributed by atoms with Gasteiger partial charge in [-0.1, -0.05) is 6.92 Å². The normalized spacial score (nSPS) is 10.4. The van der Waals surface area contributed by atoms with Gasteiger partial charge in [-0.2, -0.15) is 0 Å². The fourth-order valence-electron chi connectivity index (χ4n) is 1.38. The van der Waals surface area contributed by atoms with Crippen molar-refractivity contribution in [2.45, 2.75) is 13.3 Å². The zero-order chi connectivity index (χ0) is 11.5. The van der Waals surface area contributed by atoms with Crippen LogP contribution in [0.25, 0.3) is 11.3 Å². The topological polar surface area (TPSA) is 64.7 Å². The van der Waals surface area contributed by atoms with Crippen molar-refractivity contribution in [2.75, 3.05) is 5.73 Å². The van der Waals surface area contributed by atoms with Crippen molar-refractivity contribution in [2.24, 2.45) is 0 Å². The van der Waals surface area contributed by atoms with E-state index in [1.54, 1.807) is 12.3 Å². The largest absolute Gasteiger partial charge is 0.384 e. The lowest BCUT2D eigenvalue weighted by molar-refractivity contribution is 0.622. The first kappa shape index (κ1) is 10.5. The molecule has 2 heterocycles. The Balaban J connectivity index is 2.51. The van der Waals surface area contributed by atoms with Gasteiger partial charge in [0.1, 0.15) is 17.5 Å². The number of pyridine rings is 1. The number of anilines is 1. The summed E-state index contributed by atoms with van der Waals surface area (Å²) in [6.45, 7) is 1.93. The molecule has 0 bridgehead atoms. The summed E-state index contributed by atoms with van der Waals surface area (Å²) in [7, 11) is 0. The third kappa shape index (κ3) is 2.13. The third-order valence-corrected chi connectivity index (χ3v) is 2.11. The van der Waals surface area contributed by atoms with Gasteiger partial charge in [-0.15, -0.1) is 0 Å². The molecular weight excluding hydrogens is 207 g/mol. The summed E-state index contributed by atoms with van der Waals surface area (Å²) < 4.78 is 13.0. The van der Waals surface area contributed by atoms with Gasteiger partial charge < -0.3 is 5.73 Å². The number of nitrogen functional groups attached to an aromatic ring is 1. The van der Waals surface area contributed by atoms with Crippen molar-refractivity contribution in [1.29, 1.82) is 0 Å². The Kier molecular flexibility index (Phi) is 2.76. The van der Waals surface area contributed by atoms with Crippen molar-refractivity contribution in [3.63, 3.8) is 0 Å². The lowest BCUT2D eigenvalue weighted by Crippen LogP contribution is -2.00. The lowest BCUT2D eigenvalue weighted by atomic mass is 10.2. The maximum absolute atomic E-state index is 13.0. The SMILES string of the molecule is CCc1nc(N)cc(-c2cncc(F)c2)n1. The van der Waals surface area contributed by atoms with Crippen LogP contribution in [0.4, 0.5) is 10.2 Å². The molecule has 0 fully saturated rings. The van der Waals surface area contributed by atoms with Gasteiger partial charge in [-0.25, -0.2) is 14.4 Å². The van der Waals surface area contributed by atoms with E-state index in [1.165, 1.54) is 6.07 Å². The van der Waals surface area contributed by atoms with Crippen LogP contribution in [-0.4, -0.2) is 15.0 Å². The summed E-state index contributed by atoms with van der Waals surface area (Å²) >= 11 is 0. The van der Waals surface area contributed by atoms with Crippen molar-refractivity contribution in [3.05, 3.63) is 36.2 Å². The number of aryl methyl sites for hydroxylation is 1. The van der Waals surface area contributed by atoms with Crippen LogP contribution in [0, 0.1) is 5.82 Å². The van der Waals surface area contributed by atoms with Crippen LogP contribution in [0.3, 0.4) is 0 Å². The molecule has 5 heteroatoms. The maximum atomic E-state index is 13.0. The first-order valence-electron chi connectivity index (χ1n) is 4.93. The van der Waals surface area contributed by atoms with Gasteiger partial charge in [0, 0.05) is 24.2 Å². The molecule has 0 spiro atoms. The minimum atomic E-state index is -0.396. The molecule has 0 radical (unpaired) electrons. The summed E-state index contributed by atoms with van der Waals surface area (Å²) in [6.07, 6.45) is 3.37. The molecule has 0 amide bonds. The van der Waals surface area contributed by atoms with Crippen LogP contribution in [0.15, 0.2) is 24.5 Å². The minimum absolute atomic E-state index is 0.381. The highest BCUT2D eigenvalue weighted by Gasteiger charge is 2.05. The fourth-order valence-corrected chi connectivity index (χ4v) is 1.38. The monoisotopic (exact) mass is 218 g/mol. The van der Waals surface area contributed by atoms with Gasteiger partial charge in [-0.3, -0.25) is 4.98 Å². The summed E-state index contributed by atoms with van der Waals surface area (Å²) in [6, 6.07) is 2.98. The van der Waals surface area contributed by atoms with Gasteiger partial charge in [0.25, 0.3) is 0 Å². The number of nitrogens with two attached hydrogens (primary N) is 1.